The number of hydrogen-bond donors (Lipinski definition) is 1. The van der Waals surface area contributed by atoms with E-state index in [4.69, 9.17) is 17.3 Å². The van der Waals surface area contributed by atoms with Gasteiger partial charge in [0.05, 0.1) is 10.7 Å². The smallest absolute Gasteiger partial charge is 0.204 e. The van der Waals surface area contributed by atoms with E-state index in [1.807, 2.05) is 12.1 Å². The topological polar surface area (TPSA) is 43.8 Å². The minimum absolute atomic E-state index is 0.421. The predicted octanol–water partition coefficient (Wildman–Crippen LogP) is 2.87. The van der Waals surface area contributed by atoms with Gasteiger partial charge in [0.1, 0.15) is 0 Å². The first-order chi connectivity index (χ1) is 6.68. The van der Waals surface area contributed by atoms with Crippen molar-refractivity contribution >= 4 is 33.5 Å². The van der Waals surface area contributed by atoms with Gasteiger partial charge < -0.3 is 5.73 Å². The van der Waals surface area contributed by atoms with Crippen LogP contribution in [0.1, 0.15) is 0 Å². The van der Waals surface area contributed by atoms with Crippen molar-refractivity contribution in [2.45, 2.75) is 0 Å². The van der Waals surface area contributed by atoms with Gasteiger partial charge in [-0.25, -0.2) is 4.98 Å². The Hall–Kier alpha value is -1.000. The number of nitrogens with two attached hydrogens (primary N) is 1. The van der Waals surface area contributed by atoms with Gasteiger partial charge in [-0.2, -0.15) is 0 Å². The van der Waals surface area contributed by atoms with Crippen molar-refractivity contribution in [2.75, 3.05) is 5.73 Å². The Morgan fingerprint density at radius 2 is 2.21 bits per heavy atom. The lowest BCUT2D eigenvalue weighted by molar-refractivity contribution is 1.07. The van der Waals surface area contributed by atoms with Gasteiger partial charge in [0, 0.05) is 16.9 Å². The maximum atomic E-state index is 6.03. The van der Waals surface area contributed by atoms with E-state index in [1.54, 1.807) is 23.0 Å². The van der Waals surface area contributed by atoms with Gasteiger partial charge in [-0.1, -0.05) is 27.5 Å². The molecular weight excluding hydrogens is 265 g/mol. The summed E-state index contributed by atoms with van der Waals surface area (Å²) in [7, 11) is 0. The maximum Gasteiger partial charge on any atom is 0.204 e. The van der Waals surface area contributed by atoms with Crippen LogP contribution in [0.3, 0.4) is 0 Å². The zero-order chi connectivity index (χ0) is 10.1. The van der Waals surface area contributed by atoms with Crippen molar-refractivity contribution in [1.29, 1.82) is 0 Å². The highest BCUT2D eigenvalue weighted by atomic mass is 79.9. The Labute approximate surface area is 94.6 Å². The molecule has 0 aliphatic rings. The van der Waals surface area contributed by atoms with Crippen LogP contribution >= 0.6 is 27.5 Å². The summed E-state index contributed by atoms with van der Waals surface area (Å²) in [6, 6.07) is 5.57. The molecule has 0 saturated carbocycles. The summed E-state index contributed by atoms with van der Waals surface area (Å²) in [5.41, 5.74) is 6.49. The third kappa shape index (κ3) is 1.63. The van der Waals surface area contributed by atoms with Gasteiger partial charge in [-0.3, -0.25) is 4.57 Å². The van der Waals surface area contributed by atoms with Gasteiger partial charge in [-0.05, 0) is 18.2 Å². The molecule has 2 N–H and O–H groups in total. The lowest BCUT2D eigenvalue weighted by Gasteiger charge is -2.07. The molecule has 0 atom stereocenters. The summed E-state index contributed by atoms with van der Waals surface area (Å²) in [6.07, 6.45) is 3.40. The van der Waals surface area contributed by atoms with E-state index in [0.717, 1.165) is 10.2 Å². The quantitative estimate of drug-likeness (QED) is 0.867. The number of aromatic nitrogens is 2. The molecule has 1 aromatic heterocycles. The lowest BCUT2D eigenvalue weighted by atomic mass is 10.3. The molecule has 0 aliphatic heterocycles. The third-order valence-electron chi connectivity index (χ3n) is 1.84. The molecule has 0 amide bonds. The Balaban J connectivity index is 2.62. The van der Waals surface area contributed by atoms with Crippen molar-refractivity contribution in [2.24, 2.45) is 0 Å². The zero-order valence-electron chi connectivity index (χ0n) is 7.11. The monoisotopic (exact) mass is 271 g/mol. The second kappa shape index (κ2) is 3.63. The molecule has 0 fully saturated rings. The van der Waals surface area contributed by atoms with Gasteiger partial charge in [0.15, 0.2) is 0 Å². The number of rotatable bonds is 1. The Morgan fingerprint density at radius 1 is 1.43 bits per heavy atom. The molecule has 0 aliphatic carbocycles. The Bertz CT molecular complexity index is 467. The number of nitrogens with zero attached hydrogens (tertiary/aromatic N) is 2. The van der Waals surface area contributed by atoms with Crippen LogP contribution in [0.25, 0.3) is 5.69 Å². The average molecular weight is 273 g/mol. The first kappa shape index (κ1) is 9.55. The largest absolute Gasteiger partial charge is 0.369 e. The van der Waals surface area contributed by atoms with Crippen LogP contribution in [0.4, 0.5) is 5.95 Å². The van der Waals surface area contributed by atoms with Crippen molar-refractivity contribution in [3.05, 3.63) is 40.1 Å². The van der Waals surface area contributed by atoms with Gasteiger partial charge in [0.25, 0.3) is 0 Å². The van der Waals surface area contributed by atoms with Crippen LogP contribution in [0.2, 0.25) is 5.02 Å². The molecule has 2 aromatic rings. The summed E-state index contributed by atoms with van der Waals surface area (Å²) in [5.74, 6) is 0.421. The van der Waals surface area contributed by atoms with E-state index < -0.39 is 0 Å². The number of anilines is 1. The van der Waals surface area contributed by atoms with E-state index in [1.165, 1.54) is 0 Å². The Kier molecular flexibility index (Phi) is 2.48. The first-order valence-corrected chi connectivity index (χ1v) is 5.10. The summed E-state index contributed by atoms with van der Waals surface area (Å²) < 4.78 is 2.68. The number of nitrogen functional groups attached to an aromatic ring is 1. The molecule has 3 nitrogen and oxygen atoms in total. The van der Waals surface area contributed by atoms with Crippen LogP contribution in [-0.2, 0) is 0 Å². The molecule has 0 unspecified atom stereocenters. The molecule has 14 heavy (non-hydrogen) atoms. The molecule has 0 bridgehead atoms. The van der Waals surface area contributed by atoms with Gasteiger partial charge in [0.2, 0.25) is 5.95 Å². The van der Waals surface area contributed by atoms with Crippen molar-refractivity contribution in [3.63, 3.8) is 0 Å². The maximum absolute atomic E-state index is 6.03. The van der Waals surface area contributed by atoms with Crippen molar-refractivity contribution in [3.8, 4) is 5.69 Å². The summed E-state index contributed by atoms with van der Waals surface area (Å²) in [5, 5.41) is 0.637. The van der Waals surface area contributed by atoms with Crippen LogP contribution in [0, 0.1) is 0 Å². The predicted molar refractivity (Wildman–Crippen MR) is 60.7 cm³/mol. The molecule has 2 rings (SSSR count). The number of imidazole rings is 1. The number of hydrogen-bond acceptors (Lipinski definition) is 2. The lowest BCUT2D eigenvalue weighted by Crippen LogP contribution is -2.00. The van der Waals surface area contributed by atoms with Crippen LogP contribution < -0.4 is 5.73 Å². The average Bonchev–Trinajstić information content (AvgIpc) is 2.56. The molecule has 5 heteroatoms. The fraction of sp³-hybridized carbons (Fsp3) is 0. The fourth-order valence-electron chi connectivity index (χ4n) is 1.19. The highest BCUT2D eigenvalue weighted by molar-refractivity contribution is 9.10. The molecule has 1 heterocycles. The molecule has 1 aromatic carbocycles. The molecule has 0 radical (unpaired) electrons. The minimum atomic E-state index is 0.421. The molecular formula is C9H7BrClN3. The normalized spacial score (nSPS) is 10.4. The highest BCUT2D eigenvalue weighted by Gasteiger charge is 2.05. The van der Waals surface area contributed by atoms with Crippen molar-refractivity contribution < 1.29 is 0 Å². The van der Waals surface area contributed by atoms with E-state index in [-0.39, 0.29) is 0 Å². The van der Waals surface area contributed by atoms with Crippen LogP contribution in [0.15, 0.2) is 35.1 Å². The second-order valence-corrected chi connectivity index (χ2v) is 4.07. The van der Waals surface area contributed by atoms with E-state index in [2.05, 4.69) is 20.9 Å². The highest BCUT2D eigenvalue weighted by Crippen LogP contribution is 2.25. The number of halogens is 2. The van der Waals surface area contributed by atoms with Gasteiger partial charge >= 0.3 is 0 Å². The molecule has 72 valence electrons. The molecule has 0 saturated heterocycles. The third-order valence-corrected chi connectivity index (χ3v) is 2.65. The van der Waals surface area contributed by atoms with Crippen molar-refractivity contribution in [1.82, 2.24) is 9.55 Å². The van der Waals surface area contributed by atoms with Crippen LogP contribution in [0.5, 0.6) is 0 Å². The minimum Gasteiger partial charge on any atom is -0.369 e. The van der Waals surface area contributed by atoms with Gasteiger partial charge in [-0.15, -0.1) is 0 Å². The van der Waals surface area contributed by atoms with E-state index >= 15 is 0 Å². The van der Waals surface area contributed by atoms with E-state index in [0.29, 0.717) is 11.0 Å². The standard InChI is InChI=1S/C9H7BrClN3/c10-6-1-2-7(11)8(5-6)14-4-3-13-9(14)12/h1-5H,(H2,12,13). The summed E-state index contributed by atoms with van der Waals surface area (Å²) in [4.78, 5) is 3.93. The Morgan fingerprint density at radius 3 is 2.86 bits per heavy atom. The SMILES string of the molecule is Nc1nccn1-c1cc(Br)ccc1Cl. The van der Waals surface area contributed by atoms with E-state index in [9.17, 15) is 0 Å². The summed E-state index contributed by atoms with van der Waals surface area (Å²) >= 11 is 9.41. The fourth-order valence-corrected chi connectivity index (χ4v) is 1.75. The first-order valence-electron chi connectivity index (χ1n) is 3.93. The second-order valence-electron chi connectivity index (χ2n) is 2.75. The molecule has 0 spiro atoms. The zero-order valence-corrected chi connectivity index (χ0v) is 9.46. The summed E-state index contributed by atoms with van der Waals surface area (Å²) in [6.45, 7) is 0. The van der Waals surface area contributed by atoms with Crippen LogP contribution in [-0.4, -0.2) is 9.55 Å². The number of benzene rings is 1.